The Kier molecular flexibility index (Phi) is 7.66. The summed E-state index contributed by atoms with van der Waals surface area (Å²) in [5, 5.41) is 10.3. The molecule has 1 amide bonds. The lowest BCUT2D eigenvalue weighted by atomic mass is 9.95. The van der Waals surface area contributed by atoms with Gasteiger partial charge in [-0.15, -0.1) is 0 Å². The Morgan fingerprint density at radius 3 is 2.56 bits per heavy atom. The number of aromatic nitrogens is 2. The maximum absolute atomic E-state index is 14.0. The summed E-state index contributed by atoms with van der Waals surface area (Å²) in [5.74, 6) is -1.95. The zero-order chi connectivity index (χ0) is 28.6. The van der Waals surface area contributed by atoms with Gasteiger partial charge < -0.3 is 25.2 Å². The van der Waals surface area contributed by atoms with E-state index in [0.717, 1.165) is 15.3 Å². The molecule has 2 aromatic heterocycles. The number of amides is 1. The summed E-state index contributed by atoms with van der Waals surface area (Å²) < 4.78 is 66.9. The zero-order valence-electron chi connectivity index (χ0n) is 20.8. The molecule has 0 spiro atoms. The third-order valence-corrected chi connectivity index (χ3v) is 7.29. The van der Waals surface area contributed by atoms with Gasteiger partial charge in [0.05, 0.1) is 17.4 Å². The highest BCUT2D eigenvalue weighted by Gasteiger charge is 2.44. The van der Waals surface area contributed by atoms with Crippen molar-refractivity contribution in [2.24, 2.45) is 0 Å². The second kappa shape index (κ2) is 10.6. The Balaban J connectivity index is 1.67. The molecule has 1 fully saturated rings. The summed E-state index contributed by atoms with van der Waals surface area (Å²) in [6, 6.07) is 3.47. The summed E-state index contributed by atoms with van der Waals surface area (Å²) in [6.07, 6.45) is -3.00. The molecule has 1 aliphatic heterocycles. The van der Waals surface area contributed by atoms with Gasteiger partial charge in [-0.3, -0.25) is 13.3 Å². The smallest absolute Gasteiger partial charge is 0.416 e. The van der Waals surface area contributed by atoms with Crippen LogP contribution in [0, 0.1) is 0 Å². The van der Waals surface area contributed by atoms with Crippen molar-refractivity contribution in [2.45, 2.75) is 31.1 Å². The van der Waals surface area contributed by atoms with Crippen molar-refractivity contribution in [3.63, 3.8) is 0 Å². The normalized spacial score (nSPS) is 17.3. The number of nitrogens with zero attached hydrogens (tertiary/aromatic N) is 5. The summed E-state index contributed by atoms with van der Waals surface area (Å²) >= 11 is -2.92. The maximum atomic E-state index is 14.0. The molecule has 0 bridgehead atoms. The van der Waals surface area contributed by atoms with E-state index in [1.165, 1.54) is 30.6 Å². The predicted octanol–water partition coefficient (Wildman–Crippen LogP) is 2.19. The first-order chi connectivity index (χ1) is 18.3. The number of hydrogen-bond donors (Lipinski definition) is 2. The monoisotopic (exact) mass is 565 g/mol. The zero-order valence-corrected chi connectivity index (χ0v) is 21.6. The van der Waals surface area contributed by atoms with Gasteiger partial charge in [0.25, 0.3) is 0 Å². The van der Waals surface area contributed by atoms with Crippen molar-refractivity contribution in [3.8, 4) is 0 Å². The van der Waals surface area contributed by atoms with Gasteiger partial charge in [0, 0.05) is 49.9 Å². The van der Waals surface area contributed by atoms with Gasteiger partial charge in [0.2, 0.25) is 5.91 Å². The molecule has 15 heteroatoms. The molecule has 0 aliphatic carbocycles. The van der Waals surface area contributed by atoms with Gasteiger partial charge in [-0.1, -0.05) is 6.07 Å². The van der Waals surface area contributed by atoms with E-state index < -0.39 is 53.4 Å². The van der Waals surface area contributed by atoms with Crippen LogP contribution in [0.4, 0.5) is 30.5 Å². The third-order valence-electron chi connectivity index (χ3n) is 6.50. The van der Waals surface area contributed by atoms with Crippen LogP contribution in [-0.4, -0.2) is 73.3 Å². The summed E-state index contributed by atoms with van der Waals surface area (Å²) in [6.45, 7) is -0.177. The largest absolute Gasteiger partial charge is 0.755 e. The van der Waals surface area contributed by atoms with Crippen LogP contribution in [0.5, 0.6) is 0 Å². The number of hydrogen-bond acceptors (Lipinski definition) is 8. The molecular weight excluding hydrogens is 541 g/mol. The molecule has 0 radical (unpaired) electrons. The highest BCUT2D eigenvalue weighted by molar-refractivity contribution is 7.80. The molecule has 1 aromatic carbocycles. The number of anilines is 3. The fraction of sp³-hybridized carbons (Fsp3) is 0.333. The van der Waals surface area contributed by atoms with Crippen LogP contribution in [0.25, 0.3) is 10.8 Å². The van der Waals surface area contributed by atoms with E-state index in [1.54, 1.807) is 25.1 Å². The average Bonchev–Trinajstić information content (AvgIpc) is 3.22. The van der Waals surface area contributed by atoms with Crippen LogP contribution in [-0.2, 0) is 33.5 Å². The fourth-order valence-corrected chi connectivity index (χ4v) is 5.30. The quantitative estimate of drug-likeness (QED) is 0.391. The van der Waals surface area contributed by atoms with Crippen molar-refractivity contribution in [2.75, 3.05) is 35.6 Å². The van der Waals surface area contributed by atoms with Gasteiger partial charge in [-0.25, -0.2) is 14.8 Å². The number of rotatable bonds is 8. The first-order valence-electron chi connectivity index (χ1n) is 11.6. The lowest BCUT2D eigenvalue weighted by Gasteiger charge is -2.32. The van der Waals surface area contributed by atoms with E-state index in [9.17, 15) is 36.6 Å². The molecular formula is C24H24F3N6O5S-. The second-order valence-electron chi connectivity index (χ2n) is 9.13. The Hall–Kier alpha value is -3.98. The van der Waals surface area contributed by atoms with Crippen LogP contribution in [0.2, 0.25) is 0 Å². The van der Waals surface area contributed by atoms with Crippen molar-refractivity contribution >= 4 is 51.2 Å². The number of benzene rings is 1. The highest BCUT2D eigenvalue weighted by atomic mass is 32.2. The molecule has 3 atom stereocenters. The number of carboxylic acid groups (broad SMARTS) is 1. The number of alkyl halides is 3. The Bertz CT molecular complexity index is 1440. The first-order valence-corrected chi connectivity index (χ1v) is 12.6. The topological polar surface area (TPSA) is 156 Å². The number of pyridine rings is 2. The van der Waals surface area contributed by atoms with Crippen LogP contribution >= 0.6 is 0 Å². The highest BCUT2D eigenvalue weighted by Crippen LogP contribution is 2.37. The Morgan fingerprint density at radius 1 is 1.28 bits per heavy atom. The fourth-order valence-electron chi connectivity index (χ4n) is 4.62. The average molecular weight is 566 g/mol. The van der Waals surface area contributed by atoms with Crippen LogP contribution < -0.4 is 14.9 Å². The van der Waals surface area contributed by atoms with Crippen LogP contribution in [0.15, 0.2) is 42.7 Å². The lowest BCUT2D eigenvalue weighted by molar-refractivity contribution is -0.149. The number of aliphatic carboxylic acids is 1. The van der Waals surface area contributed by atoms with E-state index in [1.807, 2.05) is 0 Å². The van der Waals surface area contributed by atoms with E-state index in [-0.39, 0.29) is 35.4 Å². The van der Waals surface area contributed by atoms with E-state index in [4.69, 9.17) is 5.73 Å². The molecule has 11 nitrogen and oxygen atoms in total. The lowest BCUT2D eigenvalue weighted by Crippen LogP contribution is -2.49. The van der Waals surface area contributed by atoms with Crippen LogP contribution in [0.3, 0.4) is 0 Å². The molecule has 0 saturated carbocycles. The van der Waals surface area contributed by atoms with Crippen molar-refractivity contribution in [1.82, 2.24) is 14.9 Å². The van der Waals surface area contributed by atoms with Gasteiger partial charge >= 0.3 is 12.1 Å². The van der Waals surface area contributed by atoms with Crippen molar-refractivity contribution in [3.05, 3.63) is 53.9 Å². The molecule has 4 rings (SSSR count). The minimum absolute atomic E-state index is 0.0558. The standard InChI is InChI=1S/C24H25F3N6O5S/c1-31(2)20-4-3-15(12-30-20)33(39(37)38)18-6-8-32(22(18)34)19(23(35)36)10-14-9-13-5-7-29-21(28)16(13)11-17(14)24(25,26)27/h3-5,7,9,11-12,18-19H,6,8,10H2,1-2H3,(H2,28,29)(H,35,36)(H,37,38)/p-1/t18-,19+/m0/s1. The van der Waals surface area contributed by atoms with Gasteiger partial charge in [0.1, 0.15) is 23.7 Å². The summed E-state index contributed by atoms with van der Waals surface area (Å²) in [4.78, 5) is 36.1. The summed E-state index contributed by atoms with van der Waals surface area (Å²) in [7, 11) is 3.48. The molecule has 3 heterocycles. The van der Waals surface area contributed by atoms with Gasteiger partial charge in [-0.2, -0.15) is 13.2 Å². The Morgan fingerprint density at radius 2 is 2.00 bits per heavy atom. The van der Waals surface area contributed by atoms with Crippen molar-refractivity contribution < 1.29 is 36.6 Å². The second-order valence-corrected chi connectivity index (χ2v) is 9.96. The van der Waals surface area contributed by atoms with E-state index in [0.29, 0.717) is 11.2 Å². The number of fused-ring (bicyclic) bond motifs is 1. The number of likely N-dealkylation sites (tertiary alicyclic amines) is 1. The molecule has 3 aromatic rings. The summed E-state index contributed by atoms with van der Waals surface area (Å²) in [5.41, 5.74) is 4.37. The SMILES string of the molecule is CN(C)c1ccc(N([C@H]2CCN([C@H](Cc3cc4ccnc(N)c4cc3C(F)(F)F)C(=O)O)C2=O)S(=O)[O-])cn1. The number of nitrogens with two attached hydrogens (primary N) is 1. The number of carbonyl (C=O) groups is 2. The minimum Gasteiger partial charge on any atom is -0.755 e. The van der Waals surface area contributed by atoms with Crippen LogP contribution in [0.1, 0.15) is 17.5 Å². The van der Waals surface area contributed by atoms with Gasteiger partial charge in [-0.05, 0) is 41.6 Å². The maximum Gasteiger partial charge on any atom is 0.416 e. The number of carbonyl (C=O) groups excluding carboxylic acids is 1. The molecule has 3 N–H and O–H groups in total. The van der Waals surface area contributed by atoms with E-state index >= 15 is 0 Å². The molecule has 208 valence electrons. The third kappa shape index (κ3) is 5.59. The van der Waals surface area contributed by atoms with Crippen molar-refractivity contribution in [1.29, 1.82) is 0 Å². The number of nitrogen functional groups attached to an aromatic ring is 1. The van der Waals surface area contributed by atoms with E-state index in [2.05, 4.69) is 9.97 Å². The predicted molar refractivity (Wildman–Crippen MR) is 136 cm³/mol. The molecule has 1 unspecified atom stereocenters. The molecule has 39 heavy (non-hydrogen) atoms. The first kappa shape index (κ1) is 28.0. The number of halogens is 3. The minimum atomic E-state index is -4.84. The molecule has 1 aliphatic rings. The molecule has 1 saturated heterocycles. The Labute approximate surface area is 223 Å². The van der Waals surface area contributed by atoms with Gasteiger partial charge in [0.15, 0.2) is 0 Å². The number of carboxylic acids is 1.